The third-order valence-corrected chi connectivity index (χ3v) is 7.18. The van der Waals surface area contributed by atoms with Crippen molar-refractivity contribution < 1.29 is 4.79 Å². The summed E-state index contributed by atoms with van der Waals surface area (Å²) in [5.74, 6) is 0.510. The third kappa shape index (κ3) is 4.76. The van der Waals surface area contributed by atoms with Crippen LogP contribution >= 0.6 is 11.6 Å². The van der Waals surface area contributed by atoms with E-state index < -0.39 is 0 Å². The van der Waals surface area contributed by atoms with Crippen LogP contribution in [-0.2, 0) is 6.54 Å². The van der Waals surface area contributed by atoms with E-state index in [1.165, 1.54) is 0 Å². The van der Waals surface area contributed by atoms with Crippen LogP contribution in [0.3, 0.4) is 0 Å². The summed E-state index contributed by atoms with van der Waals surface area (Å²) in [6.45, 7) is 1.93. The predicted molar refractivity (Wildman–Crippen MR) is 149 cm³/mol. The topological polar surface area (TPSA) is 95.4 Å². The molecule has 1 atom stereocenters. The van der Waals surface area contributed by atoms with Crippen molar-refractivity contribution in [1.82, 2.24) is 25.2 Å². The third-order valence-electron chi connectivity index (χ3n) is 6.94. The first-order valence-electron chi connectivity index (χ1n) is 12.5. The molecule has 2 aromatic carbocycles. The second kappa shape index (κ2) is 10.3. The molecule has 1 saturated heterocycles. The maximum Gasteiger partial charge on any atom is 0.253 e. The molecular formula is C29H26ClN7O. The quantitative estimate of drug-likeness (QED) is 0.393. The van der Waals surface area contributed by atoms with Crippen LogP contribution in [0.5, 0.6) is 0 Å². The summed E-state index contributed by atoms with van der Waals surface area (Å²) < 4.78 is 0. The van der Waals surface area contributed by atoms with Gasteiger partial charge in [-0.3, -0.25) is 14.8 Å². The van der Waals surface area contributed by atoms with Crippen LogP contribution in [-0.4, -0.2) is 57.6 Å². The molecule has 6 rings (SSSR count). The fraction of sp³-hybridized carbons (Fsp3) is 0.207. The maximum absolute atomic E-state index is 12.9. The van der Waals surface area contributed by atoms with Gasteiger partial charge in [0, 0.05) is 64.5 Å². The number of hydrogen-bond donors (Lipinski definition) is 2. The highest BCUT2D eigenvalue weighted by Crippen LogP contribution is 2.33. The monoisotopic (exact) mass is 523 g/mol. The number of pyridine rings is 1. The van der Waals surface area contributed by atoms with Crippen molar-refractivity contribution in [3.8, 4) is 11.3 Å². The van der Waals surface area contributed by atoms with Gasteiger partial charge in [-0.2, -0.15) is 0 Å². The van der Waals surface area contributed by atoms with Crippen LogP contribution in [0.4, 0.5) is 11.6 Å². The number of aliphatic imine (C=N–C) groups is 1. The van der Waals surface area contributed by atoms with E-state index in [-0.39, 0.29) is 5.91 Å². The van der Waals surface area contributed by atoms with Gasteiger partial charge in [0.2, 0.25) is 5.95 Å². The lowest BCUT2D eigenvalue weighted by Crippen LogP contribution is -2.33. The standard InChI is InChI=1S/C29H26ClN7O/c1-31-22-11-13-37(17-22)28(38)18-5-8-21(9-6-18)35-29-34-16-19-15-33-27(25-4-2-3-12-32-25)24-14-20(30)7-10-23(24)26(19)36-29/h2-10,12,14,16,22,31H,11,13,15,17H2,1H3,(H,34,35,36). The van der Waals surface area contributed by atoms with E-state index in [0.29, 0.717) is 29.1 Å². The number of amides is 1. The van der Waals surface area contributed by atoms with Gasteiger partial charge in [0.25, 0.3) is 5.91 Å². The van der Waals surface area contributed by atoms with E-state index in [4.69, 9.17) is 21.6 Å². The molecule has 2 N–H and O–H groups in total. The highest BCUT2D eigenvalue weighted by Gasteiger charge is 2.26. The first-order chi connectivity index (χ1) is 18.6. The van der Waals surface area contributed by atoms with E-state index >= 15 is 0 Å². The van der Waals surface area contributed by atoms with Crippen LogP contribution in [0.1, 0.15) is 33.6 Å². The van der Waals surface area contributed by atoms with Crippen LogP contribution in [0, 0.1) is 0 Å². The molecule has 0 aliphatic carbocycles. The van der Waals surface area contributed by atoms with E-state index in [2.05, 4.69) is 20.6 Å². The van der Waals surface area contributed by atoms with Crippen molar-refractivity contribution in [1.29, 1.82) is 0 Å². The molecule has 38 heavy (non-hydrogen) atoms. The summed E-state index contributed by atoms with van der Waals surface area (Å²) in [6.07, 6.45) is 4.53. The molecule has 0 radical (unpaired) electrons. The summed E-state index contributed by atoms with van der Waals surface area (Å²) in [7, 11) is 1.93. The zero-order valence-electron chi connectivity index (χ0n) is 20.9. The van der Waals surface area contributed by atoms with E-state index in [1.807, 2.05) is 72.6 Å². The maximum atomic E-state index is 12.9. The van der Waals surface area contributed by atoms with Gasteiger partial charge in [-0.15, -0.1) is 0 Å². The Morgan fingerprint density at radius 2 is 1.92 bits per heavy atom. The fourth-order valence-electron chi connectivity index (χ4n) is 4.89. The number of hydrogen-bond acceptors (Lipinski definition) is 7. The van der Waals surface area contributed by atoms with Crippen molar-refractivity contribution in [2.75, 3.05) is 25.5 Å². The number of anilines is 2. The summed E-state index contributed by atoms with van der Waals surface area (Å²) in [6, 6.07) is 19.3. The molecule has 1 fully saturated rings. The Labute approximate surface area is 225 Å². The van der Waals surface area contributed by atoms with Gasteiger partial charge in [-0.25, -0.2) is 9.97 Å². The predicted octanol–water partition coefficient (Wildman–Crippen LogP) is 4.72. The smallest absolute Gasteiger partial charge is 0.253 e. The second-order valence-corrected chi connectivity index (χ2v) is 9.80. The molecule has 8 nitrogen and oxygen atoms in total. The molecular weight excluding hydrogens is 498 g/mol. The Morgan fingerprint density at radius 1 is 1.05 bits per heavy atom. The van der Waals surface area contributed by atoms with E-state index in [9.17, 15) is 4.79 Å². The number of aromatic nitrogens is 3. The van der Waals surface area contributed by atoms with Gasteiger partial charge in [0.05, 0.1) is 23.6 Å². The van der Waals surface area contributed by atoms with Crippen molar-refractivity contribution in [3.05, 3.63) is 100 Å². The molecule has 0 saturated carbocycles. The number of likely N-dealkylation sites (tertiary alicyclic amines) is 1. The molecule has 190 valence electrons. The zero-order valence-corrected chi connectivity index (χ0v) is 21.6. The number of carbonyl (C=O) groups is 1. The molecule has 4 heterocycles. The van der Waals surface area contributed by atoms with Crippen LogP contribution < -0.4 is 10.6 Å². The van der Waals surface area contributed by atoms with Gasteiger partial charge < -0.3 is 15.5 Å². The van der Waals surface area contributed by atoms with E-state index in [0.717, 1.165) is 59.0 Å². The van der Waals surface area contributed by atoms with Gasteiger partial charge in [0.1, 0.15) is 0 Å². The molecule has 1 unspecified atom stereocenters. The Hall–Kier alpha value is -4.14. The number of benzene rings is 2. The summed E-state index contributed by atoms with van der Waals surface area (Å²) in [5.41, 5.74) is 6.52. The normalized spacial score (nSPS) is 16.3. The van der Waals surface area contributed by atoms with Crippen molar-refractivity contribution in [2.24, 2.45) is 4.99 Å². The average molecular weight is 524 g/mol. The fourth-order valence-corrected chi connectivity index (χ4v) is 5.07. The first kappa shape index (κ1) is 24.2. The van der Waals surface area contributed by atoms with Gasteiger partial charge >= 0.3 is 0 Å². The average Bonchev–Trinajstić information content (AvgIpc) is 3.38. The Kier molecular flexibility index (Phi) is 6.57. The SMILES string of the molecule is CNC1CCN(C(=O)c2ccc(Nc3ncc4c(n3)-c3ccc(Cl)cc3C(c3ccccn3)=NC4)cc2)C1. The van der Waals surface area contributed by atoms with Gasteiger partial charge in [-0.05, 0) is 62.0 Å². The lowest BCUT2D eigenvalue weighted by molar-refractivity contribution is 0.0789. The molecule has 2 aliphatic rings. The Bertz CT molecular complexity index is 1520. The van der Waals surface area contributed by atoms with E-state index in [1.54, 1.807) is 12.4 Å². The minimum Gasteiger partial charge on any atom is -0.337 e. The molecule has 1 amide bonds. The Balaban J connectivity index is 1.26. The van der Waals surface area contributed by atoms with Crippen LogP contribution in [0.25, 0.3) is 11.3 Å². The number of likely N-dealkylation sites (N-methyl/N-ethyl adjacent to an activating group) is 1. The largest absolute Gasteiger partial charge is 0.337 e. The van der Waals surface area contributed by atoms with Crippen molar-refractivity contribution in [2.45, 2.75) is 19.0 Å². The molecule has 2 aliphatic heterocycles. The minimum absolute atomic E-state index is 0.0505. The van der Waals surface area contributed by atoms with Crippen molar-refractivity contribution >= 4 is 34.9 Å². The molecule has 2 aromatic heterocycles. The highest BCUT2D eigenvalue weighted by molar-refractivity contribution is 6.31. The lowest BCUT2D eigenvalue weighted by Gasteiger charge is -2.17. The van der Waals surface area contributed by atoms with Gasteiger partial charge in [0.15, 0.2) is 0 Å². The number of fused-ring (bicyclic) bond motifs is 3. The van der Waals surface area contributed by atoms with Crippen molar-refractivity contribution in [3.63, 3.8) is 0 Å². The van der Waals surface area contributed by atoms with Crippen LogP contribution in [0.15, 0.2) is 78.0 Å². The zero-order chi connectivity index (χ0) is 26.1. The number of rotatable bonds is 5. The highest BCUT2D eigenvalue weighted by atomic mass is 35.5. The molecule has 0 bridgehead atoms. The number of nitrogens with one attached hydrogen (secondary N) is 2. The minimum atomic E-state index is 0.0505. The molecule has 9 heteroatoms. The number of nitrogens with zero attached hydrogens (tertiary/aromatic N) is 5. The van der Waals surface area contributed by atoms with Gasteiger partial charge in [-0.1, -0.05) is 23.7 Å². The number of halogens is 1. The summed E-state index contributed by atoms with van der Waals surface area (Å²) >= 11 is 6.39. The lowest BCUT2D eigenvalue weighted by atomic mass is 9.97. The summed E-state index contributed by atoms with van der Waals surface area (Å²) in [4.78, 5) is 33.5. The van der Waals surface area contributed by atoms with Crippen LogP contribution in [0.2, 0.25) is 5.02 Å². The first-order valence-corrected chi connectivity index (χ1v) is 12.9. The summed E-state index contributed by atoms with van der Waals surface area (Å²) in [5, 5.41) is 7.14. The second-order valence-electron chi connectivity index (χ2n) is 9.36. The Morgan fingerprint density at radius 3 is 2.68 bits per heavy atom. The molecule has 0 spiro atoms. The number of carbonyl (C=O) groups excluding carboxylic acids is 1. The molecule has 4 aromatic rings.